The molecule has 1 heterocycles. The first kappa shape index (κ1) is 18.4. The fourth-order valence-corrected chi connectivity index (χ4v) is 2.96. The Hall–Kier alpha value is -2.98. The number of esters is 1. The van der Waals surface area contributed by atoms with Crippen molar-refractivity contribution in [3.05, 3.63) is 57.0 Å². The molecule has 2 rings (SSSR count). The van der Waals surface area contributed by atoms with Crippen LogP contribution in [0.15, 0.2) is 42.0 Å². The quantitative estimate of drug-likeness (QED) is 0.181. The SMILES string of the molecule is CCCCOC(=O)/C(C#N)=C/c1ccc(-c2ccc([N+](=O)[O-])cc2)s1. The highest BCUT2D eigenvalue weighted by molar-refractivity contribution is 7.16. The van der Waals surface area contributed by atoms with E-state index in [1.165, 1.54) is 29.5 Å². The molecule has 25 heavy (non-hydrogen) atoms. The Balaban J connectivity index is 2.15. The smallest absolute Gasteiger partial charge is 0.348 e. The largest absolute Gasteiger partial charge is 0.462 e. The van der Waals surface area contributed by atoms with E-state index in [1.807, 2.05) is 19.1 Å². The summed E-state index contributed by atoms with van der Waals surface area (Å²) in [6.45, 7) is 2.28. The van der Waals surface area contributed by atoms with Gasteiger partial charge in [0.15, 0.2) is 0 Å². The molecule has 0 N–H and O–H groups in total. The molecule has 7 heteroatoms. The lowest BCUT2D eigenvalue weighted by atomic mass is 10.2. The number of nitro groups is 1. The van der Waals surface area contributed by atoms with Gasteiger partial charge in [0.05, 0.1) is 11.5 Å². The summed E-state index contributed by atoms with van der Waals surface area (Å²) in [5, 5.41) is 19.8. The Morgan fingerprint density at radius 1 is 1.32 bits per heavy atom. The van der Waals surface area contributed by atoms with Crippen molar-refractivity contribution in [1.29, 1.82) is 5.26 Å². The summed E-state index contributed by atoms with van der Waals surface area (Å²) >= 11 is 1.38. The molecule has 0 spiro atoms. The summed E-state index contributed by atoms with van der Waals surface area (Å²) in [6, 6.07) is 11.7. The number of thiophene rings is 1. The van der Waals surface area contributed by atoms with Crippen LogP contribution in [0.2, 0.25) is 0 Å². The molecule has 0 aliphatic heterocycles. The van der Waals surface area contributed by atoms with Gasteiger partial charge in [-0.2, -0.15) is 5.26 Å². The van der Waals surface area contributed by atoms with Crippen LogP contribution in [0.5, 0.6) is 0 Å². The Labute approximate surface area is 149 Å². The molecule has 0 atom stereocenters. The molecule has 2 aromatic rings. The lowest BCUT2D eigenvalue weighted by molar-refractivity contribution is -0.384. The van der Waals surface area contributed by atoms with Crippen molar-refractivity contribution in [1.82, 2.24) is 0 Å². The normalized spacial score (nSPS) is 11.0. The van der Waals surface area contributed by atoms with Crippen molar-refractivity contribution in [2.45, 2.75) is 19.8 Å². The zero-order valence-corrected chi connectivity index (χ0v) is 14.4. The Bertz CT molecular complexity index is 832. The molecule has 0 saturated heterocycles. The maximum Gasteiger partial charge on any atom is 0.348 e. The van der Waals surface area contributed by atoms with Gasteiger partial charge in [-0.15, -0.1) is 11.3 Å². The van der Waals surface area contributed by atoms with Crippen LogP contribution >= 0.6 is 11.3 Å². The van der Waals surface area contributed by atoms with Crippen molar-refractivity contribution in [2.75, 3.05) is 6.61 Å². The Morgan fingerprint density at radius 3 is 2.64 bits per heavy atom. The summed E-state index contributed by atoms with van der Waals surface area (Å²) in [5.41, 5.74) is 0.814. The van der Waals surface area contributed by atoms with Gasteiger partial charge in [-0.25, -0.2) is 4.79 Å². The number of non-ortho nitro benzene ring substituents is 1. The van der Waals surface area contributed by atoms with E-state index < -0.39 is 10.9 Å². The van der Waals surface area contributed by atoms with Gasteiger partial charge in [-0.3, -0.25) is 10.1 Å². The van der Waals surface area contributed by atoms with Crippen LogP contribution in [0.25, 0.3) is 16.5 Å². The Morgan fingerprint density at radius 2 is 2.04 bits per heavy atom. The van der Waals surface area contributed by atoms with Gasteiger partial charge in [0, 0.05) is 21.9 Å². The van der Waals surface area contributed by atoms with Crippen LogP contribution in [0.4, 0.5) is 5.69 Å². The number of rotatable bonds is 7. The van der Waals surface area contributed by atoms with Crippen molar-refractivity contribution in [3.8, 4) is 16.5 Å². The third-order valence-corrected chi connectivity index (χ3v) is 4.43. The van der Waals surface area contributed by atoms with Gasteiger partial charge in [0.25, 0.3) is 5.69 Å². The van der Waals surface area contributed by atoms with Gasteiger partial charge < -0.3 is 4.74 Å². The maximum atomic E-state index is 11.9. The molecule has 0 bridgehead atoms. The predicted octanol–water partition coefficient (Wildman–Crippen LogP) is 4.57. The lowest BCUT2D eigenvalue weighted by Crippen LogP contribution is -2.07. The maximum absolute atomic E-state index is 11.9. The average molecular weight is 356 g/mol. The molecule has 6 nitrogen and oxygen atoms in total. The molecule has 0 amide bonds. The van der Waals surface area contributed by atoms with E-state index in [4.69, 9.17) is 10.00 Å². The number of carbonyl (C=O) groups excluding carboxylic acids is 1. The van der Waals surface area contributed by atoms with Crippen molar-refractivity contribution >= 4 is 29.1 Å². The number of hydrogen-bond donors (Lipinski definition) is 0. The van der Waals surface area contributed by atoms with Crippen molar-refractivity contribution in [3.63, 3.8) is 0 Å². The molecule has 1 aromatic carbocycles. The van der Waals surface area contributed by atoms with Gasteiger partial charge in [0.2, 0.25) is 0 Å². The number of nitrogens with zero attached hydrogens (tertiary/aromatic N) is 2. The first-order valence-corrected chi connectivity index (χ1v) is 8.50. The number of carbonyl (C=O) groups is 1. The van der Waals surface area contributed by atoms with Crippen LogP contribution in [0.1, 0.15) is 24.6 Å². The van der Waals surface area contributed by atoms with Crippen LogP contribution in [-0.2, 0) is 9.53 Å². The van der Waals surface area contributed by atoms with Crippen molar-refractivity contribution < 1.29 is 14.5 Å². The summed E-state index contributed by atoms with van der Waals surface area (Å²) in [5.74, 6) is -0.624. The molecule has 0 fully saturated rings. The van der Waals surface area contributed by atoms with E-state index in [2.05, 4.69) is 0 Å². The number of unbranched alkanes of at least 4 members (excludes halogenated alkanes) is 1. The molecular formula is C18H16N2O4S. The van der Waals surface area contributed by atoms with Gasteiger partial charge in [-0.1, -0.05) is 13.3 Å². The molecular weight excluding hydrogens is 340 g/mol. The van der Waals surface area contributed by atoms with E-state index in [0.717, 1.165) is 28.2 Å². The second-order valence-electron chi connectivity index (χ2n) is 5.17. The summed E-state index contributed by atoms with van der Waals surface area (Å²) < 4.78 is 5.05. The molecule has 128 valence electrons. The molecule has 1 aromatic heterocycles. The summed E-state index contributed by atoms with van der Waals surface area (Å²) in [6.07, 6.45) is 3.16. The predicted molar refractivity (Wildman–Crippen MR) is 95.9 cm³/mol. The molecule has 0 aliphatic carbocycles. The fourth-order valence-electron chi connectivity index (χ4n) is 2.00. The number of hydrogen-bond acceptors (Lipinski definition) is 6. The van der Waals surface area contributed by atoms with Crippen LogP contribution < -0.4 is 0 Å². The summed E-state index contributed by atoms with van der Waals surface area (Å²) in [7, 11) is 0. The first-order valence-electron chi connectivity index (χ1n) is 7.68. The second kappa shape index (κ2) is 8.76. The highest BCUT2D eigenvalue weighted by Crippen LogP contribution is 2.30. The second-order valence-corrected chi connectivity index (χ2v) is 6.28. The van der Waals surface area contributed by atoms with Gasteiger partial charge in [0.1, 0.15) is 11.6 Å². The summed E-state index contributed by atoms with van der Waals surface area (Å²) in [4.78, 5) is 23.7. The minimum absolute atomic E-state index is 0.0296. The number of ether oxygens (including phenoxy) is 1. The minimum atomic E-state index is -0.624. The minimum Gasteiger partial charge on any atom is -0.462 e. The van der Waals surface area contributed by atoms with E-state index in [-0.39, 0.29) is 11.3 Å². The molecule has 0 unspecified atom stereocenters. The van der Waals surface area contributed by atoms with E-state index >= 15 is 0 Å². The standard InChI is InChI=1S/C18H16N2O4S/c1-2-3-10-24-18(21)14(12-19)11-16-8-9-17(25-16)13-4-6-15(7-5-13)20(22)23/h4-9,11H,2-3,10H2,1H3/b14-11+. The fraction of sp³-hybridized carbons (Fsp3) is 0.222. The van der Waals surface area contributed by atoms with E-state index in [1.54, 1.807) is 18.2 Å². The average Bonchev–Trinajstić information content (AvgIpc) is 3.08. The van der Waals surface area contributed by atoms with Crippen LogP contribution in [0.3, 0.4) is 0 Å². The topological polar surface area (TPSA) is 93.2 Å². The monoisotopic (exact) mass is 356 g/mol. The molecule has 0 saturated carbocycles. The first-order chi connectivity index (χ1) is 12.0. The number of benzene rings is 1. The van der Waals surface area contributed by atoms with Crippen LogP contribution in [-0.4, -0.2) is 17.5 Å². The number of nitro benzene ring substituents is 1. The van der Waals surface area contributed by atoms with E-state index in [0.29, 0.717) is 6.61 Å². The zero-order chi connectivity index (χ0) is 18.2. The third-order valence-electron chi connectivity index (χ3n) is 3.35. The van der Waals surface area contributed by atoms with Crippen molar-refractivity contribution in [2.24, 2.45) is 0 Å². The lowest BCUT2D eigenvalue weighted by Gasteiger charge is -2.01. The van der Waals surface area contributed by atoms with Gasteiger partial charge in [-0.05, 0) is 42.3 Å². The third kappa shape index (κ3) is 4.99. The number of nitriles is 1. The van der Waals surface area contributed by atoms with Gasteiger partial charge >= 0.3 is 5.97 Å². The van der Waals surface area contributed by atoms with Crippen LogP contribution in [0, 0.1) is 21.4 Å². The molecule has 0 radical (unpaired) electrons. The molecule has 0 aliphatic rings. The highest BCUT2D eigenvalue weighted by atomic mass is 32.1. The zero-order valence-electron chi connectivity index (χ0n) is 13.6. The van der Waals surface area contributed by atoms with E-state index in [9.17, 15) is 14.9 Å². The Kier molecular flexibility index (Phi) is 6.43. The highest BCUT2D eigenvalue weighted by Gasteiger charge is 2.12.